The predicted molar refractivity (Wildman–Crippen MR) is 85.0 cm³/mol. The highest BCUT2D eigenvalue weighted by molar-refractivity contribution is 5.85. The Bertz CT molecular complexity index is 665. The van der Waals surface area contributed by atoms with E-state index in [1.807, 2.05) is 32.0 Å². The zero-order chi connectivity index (χ0) is 16.7. The van der Waals surface area contributed by atoms with Crippen LogP contribution in [0.4, 0.5) is 0 Å². The van der Waals surface area contributed by atoms with E-state index in [9.17, 15) is 9.59 Å². The van der Waals surface area contributed by atoms with E-state index in [4.69, 9.17) is 9.15 Å². The van der Waals surface area contributed by atoms with E-state index in [2.05, 4.69) is 10.6 Å². The first kappa shape index (κ1) is 16.6. The molecule has 1 aromatic carbocycles. The monoisotopic (exact) mass is 316 g/mol. The summed E-state index contributed by atoms with van der Waals surface area (Å²) < 4.78 is 10.5. The van der Waals surface area contributed by atoms with Crippen LogP contribution >= 0.6 is 0 Å². The topological polar surface area (TPSA) is 80.6 Å². The number of furan rings is 1. The van der Waals surface area contributed by atoms with E-state index in [1.54, 1.807) is 12.1 Å². The molecule has 0 bridgehead atoms. The molecule has 6 heteroatoms. The summed E-state index contributed by atoms with van der Waals surface area (Å²) in [5.41, 5.74) is 2.10. The second-order valence-corrected chi connectivity index (χ2v) is 5.19. The first-order chi connectivity index (χ1) is 11.0. The molecule has 2 N–H and O–H groups in total. The Morgan fingerprint density at radius 2 is 1.96 bits per heavy atom. The second-order valence-electron chi connectivity index (χ2n) is 5.19. The number of rotatable bonds is 7. The van der Waals surface area contributed by atoms with Crippen LogP contribution in [0.1, 0.15) is 16.9 Å². The van der Waals surface area contributed by atoms with E-state index in [-0.39, 0.29) is 25.0 Å². The first-order valence-electron chi connectivity index (χ1n) is 7.30. The summed E-state index contributed by atoms with van der Waals surface area (Å²) in [6.07, 6.45) is 1.54. The van der Waals surface area contributed by atoms with Crippen molar-refractivity contribution >= 4 is 11.8 Å². The van der Waals surface area contributed by atoms with Crippen LogP contribution in [0, 0.1) is 13.8 Å². The Hall–Kier alpha value is -2.76. The van der Waals surface area contributed by atoms with Crippen molar-refractivity contribution in [1.29, 1.82) is 0 Å². The third-order valence-electron chi connectivity index (χ3n) is 3.18. The van der Waals surface area contributed by atoms with Gasteiger partial charge in [-0.3, -0.25) is 9.59 Å². The van der Waals surface area contributed by atoms with Gasteiger partial charge in [0.15, 0.2) is 6.61 Å². The molecule has 23 heavy (non-hydrogen) atoms. The maximum absolute atomic E-state index is 11.7. The number of carbonyl (C=O) groups is 2. The summed E-state index contributed by atoms with van der Waals surface area (Å²) in [5, 5.41) is 5.15. The molecule has 2 amide bonds. The lowest BCUT2D eigenvalue weighted by Crippen LogP contribution is -2.38. The van der Waals surface area contributed by atoms with Gasteiger partial charge in [-0.25, -0.2) is 0 Å². The van der Waals surface area contributed by atoms with Gasteiger partial charge in [-0.1, -0.05) is 17.7 Å². The third-order valence-corrected chi connectivity index (χ3v) is 3.18. The fourth-order valence-electron chi connectivity index (χ4n) is 2.00. The Labute approximate surface area is 134 Å². The number of ether oxygens (including phenoxy) is 1. The van der Waals surface area contributed by atoms with Gasteiger partial charge in [0.25, 0.3) is 5.91 Å². The summed E-state index contributed by atoms with van der Waals surface area (Å²) >= 11 is 0. The zero-order valence-corrected chi connectivity index (χ0v) is 13.2. The minimum atomic E-state index is -0.349. The number of hydrogen-bond acceptors (Lipinski definition) is 4. The summed E-state index contributed by atoms with van der Waals surface area (Å²) in [5.74, 6) is 0.676. The molecule has 0 aliphatic carbocycles. The number of nitrogens with one attached hydrogen (secondary N) is 2. The van der Waals surface area contributed by atoms with Crippen LogP contribution in [0.15, 0.2) is 41.0 Å². The normalized spacial score (nSPS) is 10.2. The minimum absolute atomic E-state index is 0.101. The van der Waals surface area contributed by atoms with Crippen molar-refractivity contribution in [1.82, 2.24) is 10.6 Å². The van der Waals surface area contributed by atoms with E-state index in [0.29, 0.717) is 18.1 Å². The smallest absolute Gasteiger partial charge is 0.258 e. The quantitative estimate of drug-likeness (QED) is 0.815. The van der Waals surface area contributed by atoms with Crippen molar-refractivity contribution in [3.05, 3.63) is 53.5 Å². The maximum atomic E-state index is 11.7. The molecule has 0 fully saturated rings. The van der Waals surface area contributed by atoms with Crippen LogP contribution < -0.4 is 15.4 Å². The zero-order valence-electron chi connectivity index (χ0n) is 13.2. The molecule has 0 atom stereocenters. The van der Waals surface area contributed by atoms with Gasteiger partial charge >= 0.3 is 0 Å². The predicted octanol–water partition coefficient (Wildman–Crippen LogP) is 1.71. The van der Waals surface area contributed by atoms with Crippen molar-refractivity contribution in [2.45, 2.75) is 20.4 Å². The highest BCUT2D eigenvalue weighted by atomic mass is 16.5. The molecule has 0 unspecified atom stereocenters. The first-order valence-corrected chi connectivity index (χ1v) is 7.30. The molecule has 0 aliphatic rings. The van der Waals surface area contributed by atoms with Gasteiger partial charge in [-0.2, -0.15) is 0 Å². The molecule has 0 saturated carbocycles. The van der Waals surface area contributed by atoms with Crippen molar-refractivity contribution < 1.29 is 18.7 Å². The molecule has 2 aromatic rings. The fourth-order valence-corrected chi connectivity index (χ4v) is 2.00. The van der Waals surface area contributed by atoms with Gasteiger partial charge < -0.3 is 19.8 Å². The summed E-state index contributed by atoms with van der Waals surface area (Å²) in [7, 11) is 0. The van der Waals surface area contributed by atoms with Crippen LogP contribution in [0.25, 0.3) is 0 Å². The summed E-state index contributed by atoms with van der Waals surface area (Å²) in [6, 6.07) is 9.23. The molecule has 2 rings (SSSR count). The molecule has 122 valence electrons. The number of carbonyl (C=O) groups excluding carboxylic acids is 2. The molecule has 1 aromatic heterocycles. The SMILES string of the molecule is Cc1ccc(OCC(=O)NCC(=O)NCc2ccco2)c(C)c1. The van der Waals surface area contributed by atoms with Crippen molar-refractivity contribution in [3.8, 4) is 5.75 Å². The highest BCUT2D eigenvalue weighted by Crippen LogP contribution is 2.18. The Kier molecular flexibility index (Phi) is 5.80. The lowest BCUT2D eigenvalue weighted by molar-refractivity contribution is -0.127. The Morgan fingerprint density at radius 3 is 2.65 bits per heavy atom. The number of amides is 2. The summed E-state index contributed by atoms with van der Waals surface area (Å²) in [6.45, 7) is 3.97. The Balaban J connectivity index is 1.67. The standard InChI is InChI=1S/C17H20N2O4/c1-12-5-6-15(13(2)8-12)23-11-17(21)19-10-16(20)18-9-14-4-3-7-22-14/h3-8H,9-11H2,1-2H3,(H,18,20)(H,19,21). The molecular formula is C17H20N2O4. The average Bonchev–Trinajstić information content (AvgIpc) is 3.03. The van der Waals surface area contributed by atoms with Gasteiger partial charge in [0.05, 0.1) is 19.4 Å². The number of hydrogen-bond donors (Lipinski definition) is 2. The molecule has 0 spiro atoms. The van der Waals surface area contributed by atoms with Crippen molar-refractivity contribution in [3.63, 3.8) is 0 Å². The van der Waals surface area contributed by atoms with E-state index in [0.717, 1.165) is 11.1 Å². The van der Waals surface area contributed by atoms with Crippen LogP contribution in [0.2, 0.25) is 0 Å². The summed E-state index contributed by atoms with van der Waals surface area (Å²) in [4.78, 5) is 23.3. The molecule has 0 radical (unpaired) electrons. The second kappa shape index (κ2) is 8.03. The van der Waals surface area contributed by atoms with Crippen molar-refractivity contribution in [2.75, 3.05) is 13.2 Å². The molecule has 1 heterocycles. The number of benzene rings is 1. The largest absolute Gasteiger partial charge is 0.484 e. The maximum Gasteiger partial charge on any atom is 0.258 e. The fraction of sp³-hybridized carbons (Fsp3) is 0.294. The van der Waals surface area contributed by atoms with Gasteiger partial charge in [-0.15, -0.1) is 0 Å². The highest BCUT2D eigenvalue weighted by Gasteiger charge is 2.08. The third kappa shape index (κ3) is 5.50. The van der Waals surface area contributed by atoms with Crippen molar-refractivity contribution in [2.24, 2.45) is 0 Å². The van der Waals surface area contributed by atoms with Crippen LogP contribution in [-0.4, -0.2) is 25.0 Å². The van der Waals surface area contributed by atoms with Crippen LogP contribution in [-0.2, 0) is 16.1 Å². The Morgan fingerprint density at radius 1 is 1.13 bits per heavy atom. The van der Waals surface area contributed by atoms with Crippen LogP contribution in [0.3, 0.4) is 0 Å². The van der Waals surface area contributed by atoms with Gasteiger partial charge in [0, 0.05) is 0 Å². The molecule has 6 nitrogen and oxygen atoms in total. The van der Waals surface area contributed by atoms with E-state index in [1.165, 1.54) is 6.26 Å². The van der Waals surface area contributed by atoms with Gasteiger partial charge in [0.1, 0.15) is 11.5 Å². The molecule has 0 saturated heterocycles. The number of aryl methyl sites for hydroxylation is 2. The molecule has 0 aliphatic heterocycles. The lowest BCUT2D eigenvalue weighted by atomic mass is 10.1. The molecular weight excluding hydrogens is 296 g/mol. The van der Waals surface area contributed by atoms with Crippen LogP contribution in [0.5, 0.6) is 5.75 Å². The lowest BCUT2D eigenvalue weighted by Gasteiger charge is -2.10. The average molecular weight is 316 g/mol. The van der Waals surface area contributed by atoms with Gasteiger partial charge in [0.2, 0.25) is 5.91 Å². The minimum Gasteiger partial charge on any atom is -0.484 e. The van der Waals surface area contributed by atoms with Gasteiger partial charge in [-0.05, 0) is 37.6 Å². The van der Waals surface area contributed by atoms with E-state index >= 15 is 0 Å². The van der Waals surface area contributed by atoms with E-state index < -0.39 is 0 Å².